The summed E-state index contributed by atoms with van der Waals surface area (Å²) in [5, 5.41) is 13.6. The van der Waals surface area contributed by atoms with Gasteiger partial charge in [-0.3, -0.25) is 4.79 Å². The number of carbonyl (C=O) groups is 1. The van der Waals surface area contributed by atoms with Crippen LogP contribution in [0.1, 0.15) is 23.4 Å². The van der Waals surface area contributed by atoms with Crippen LogP contribution in [-0.4, -0.2) is 45.4 Å². The number of hydrogen-bond donors (Lipinski definition) is 0. The van der Waals surface area contributed by atoms with E-state index in [9.17, 15) is 4.79 Å². The minimum atomic E-state index is -0.129. The zero-order chi connectivity index (χ0) is 16.4. The first-order valence-electron chi connectivity index (χ1n) is 7.88. The summed E-state index contributed by atoms with van der Waals surface area (Å²) >= 11 is 0. The van der Waals surface area contributed by atoms with Crippen LogP contribution in [0.4, 0.5) is 0 Å². The maximum atomic E-state index is 12.2. The van der Waals surface area contributed by atoms with Crippen molar-refractivity contribution < 1.29 is 14.1 Å². The van der Waals surface area contributed by atoms with E-state index in [1.165, 1.54) is 6.20 Å². The predicted octanol–water partition coefficient (Wildman–Crippen LogP) is 2.30. The summed E-state index contributed by atoms with van der Waals surface area (Å²) in [7, 11) is 0. The largest absolute Gasteiger partial charge is 0.473 e. The van der Waals surface area contributed by atoms with Gasteiger partial charge in [0.1, 0.15) is 6.10 Å². The van der Waals surface area contributed by atoms with Crippen molar-refractivity contribution in [3.63, 3.8) is 0 Å². The normalized spacial score (nSPS) is 15.6. The molecule has 0 atom stereocenters. The van der Waals surface area contributed by atoms with E-state index in [0.29, 0.717) is 19.0 Å². The summed E-state index contributed by atoms with van der Waals surface area (Å²) in [6.07, 6.45) is 4.70. The third-order valence-electron chi connectivity index (χ3n) is 4.19. The summed E-state index contributed by atoms with van der Waals surface area (Å²) in [5.74, 6) is 0.693. The molecule has 0 unspecified atom stereocenters. The van der Waals surface area contributed by atoms with Crippen molar-refractivity contribution in [1.82, 2.24) is 20.3 Å². The average Bonchev–Trinajstić information content (AvgIpc) is 3.17. The first-order chi connectivity index (χ1) is 11.8. The first-order valence-corrected chi connectivity index (χ1v) is 7.88. The number of amides is 1. The van der Waals surface area contributed by atoms with Gasteiger partial charge in [0, 0.05) is 42.8 Å². The molecule has 4 rings (SSSR count). The fourth-order valence-corrected chi connectivity index (χ4v) is 2.91. The second-order valence-electron chi connectivity index (χ2n) is 5.72. The second kappa shape index (κ2) is 6.27. The highest BCUT2D eigenvalue weighted by molar-refractivity contribution is 5.91. The quantitative estimate of drug-likeness (QED) is 0.735. The molecular weight excluding hydrogens is 308 g/mol. The van der Waals surface area contributed by atoms with E-state index in [1.807, 2.05) is 24.3 Å². The van der Waals surface area contributed by atoms with Crippen molar-refractivity contribution >= 4 is 16.7 Å². The molecule has 0 spiro atoms. The molecule has 1 fully saturated rings. The number of piperidine rings is 1. The maximum Gasteiger partial charge on any atom is 0.292 e. The number of benzene rings is 1. The van der Waals surface area contributed by atoms with Gasteiger partial charge in [0.25, 0.3) is 5.91 Å². The van der Waals surface area contributed by atoms with Gasteiger partial charge >= 0.3 is 0 Å². The Balaban J connectivity index is 1.42. The van der Waals surface area contributed by atoms with Crippen LogP contribution in [0.2, 0.25) is 0 Å². The lowest BCUT2D eigenvalue weighted by Gasteiger charge is -2.31. The van der Waals surface area contributed by atoms with Gasteiger partial charge in [-0.05, 0) is 6.07 Å². The lowest BCUT2D eigenvalue weighted by molar-refractivity contribution is 0.0552. The van der Waals surface area contributed by atoms with Crippen molar-refractivity contribution in [2.75, 3.05) is 13.1 Å². The van der Waals surface area contributed by atoms with Gasteiger partial charge in [-0.15, -0.1) is 5.10 Å². The Hall–Kier alpha value is -2.96. The zero-order valence-corrected chi connectivity index (χ0v) is 13.0. The average molecular weight is 324 g/mol. The van der Waals surface area contributed by atoms with Crippen LogP contribution in [0.3, 0.4) is 0 Å². The van der Waals surface area contributed by atoms with Crippen molar-refractivity contribution in [2.45, 2.75) is 18.9 Å². The Kier molecular flexibility index (Phi) is 3.82. The SMILES string of the molecule is O=C(c1ccno1)N1CCC(Oc2nncc3ccccc23)CC1. The highest BCUT2D eigenvalue weighted by Crippen LogP contribution is 2.25. The van der Waals surface area contributed by atoms with Crippen LogP contribution in [-0.2, 0) is 0 Å². The minimum absolute atomic E-state index is 0.0175. The van der Waals surface area contributed by atoms with Gasteiger partial charge in [0.05, 0.1) is 12.4 Å². The second-order valence-corrected chi connectivity index (χ2v) is 5.72. The molecule has 3 aromatic rings. The van der Waals surface area contributed by atoms with E-state index in [1.54, 1.807) is 17.2 Å². The molecule has 1 aliphatic heterocycles. The number of carbonyl (C=O) groups excluding carboxylic acids is 1. The number of nitrogens with zero attached hydrogens (tertiary/aromatic N) is 4. The molecular formula is C17H16N4O3. The first kappa shape index (κ1) is 14.6. The smallest absolute Gasteiger partial charge is 0.292 e. The molecule has 7 nitrogen and oxygen atoms in total. The molecule has 122 valence electrons. The van der Waals surface area contributed by atoms with Crippen LogP contribution in [0.5, 0.6) is 5.88 Å². The Morgan fingerprint density at radius 2 is 2.04 bits per heavy atom. The number of ether oxygens (including phenoxy) is 1. The molecule has 0 N–H and O–H groups in total. The lowest BCUT2D eigenvalue weighted by Crippen LogP contribution is -2.41. The Morgan fingerprint density at radius 1 is 1.21 bits per heavy atom. The fraction of sp³-hybridized carbons (Fsp3) is 0.294. The summed E-state index contributed by atoms with van der Waals surface area (Å²) in [6.45, 7) is 1.23. The minimum Gasteiger partial charge on any atom is -0.473 e. The molecule has 24 heavy (non-hydrogen) atoms. The molecule has 1 aromatic carbocycles. The van der Waals surface area contributed by atoms with Crippen molar-refractivity contribution in [2.24, 2.45) is 0 Å². The number of likely N-dealkylation sites (tertiary alicyclic amines) is 1. The third-order valence-corrected chi connectivity index (χ3v) is 4.19. The standard InChI is InChI=1S/C17H16N4O3/c22-17(15-5-8-19-24-15)21-9-6-13(7-10-21)23-16-14-4-2-1-3-12(14)11-18-20-16/h1-5,8,11,13H,6-7,9-10H2. The van der Waals surface area contributed by atoms with Crippen LogP contribution in [0.15, 0.2) is 47.2 Å². The van der Waals surface area contributed by atoms with E-state index in [2.05, 4.69) is 15.4 Å². The van der Waals surface area contributed by atoms with Crippen LogP contribution in [0.25, 0.3) is 10.8 Å². The van der Waals surface area contributed by atoms with E-state index in [0.717, 1.165) is 23.6 Å². The van der Waals surface area contributed by atoms with Gasteiger partial charge in [0.2, 0.25) is 11.6 Å². The summed E-state index contributed by atoms with van der Waals surface area (Å²) in [6, 6.07) is 9.45. The molecule has 3 heterocycles. The van der Waals surface area contributed by atoms with E-state index >= 15 is 0 Å². The lowest BCUT2D eigenvalue weighted by atomic mass is 10.1. The predicted molar refractivity (Wildman–Crippen MR) is 85.6 cm³/mol. The highest BCUT2D eigenvalue weighted by Gasteiger charge is 2.27. The van der Waals surface area contributed by atoms with E-state index in [4.69, 9.17) is 9.26 Å². The molecule has 0 aliphatic carbocycles. The topological polar surface area (TPSA) is 81.4 Å². The van der Waals surface area contributed by atoms with Gasteiger partial charge < -0.3 is 14.2 Å². The fourth-order valence-electron chi connectivity index (χ4n) is 2.91. The number of hydrogen-bond acceptors (Lipinski definition) is 6. The molecule has 0 radical (unpaired) electrons. The molecule has 0 bridgehead atoms. The molecule has 1 saturated heterocycles. The number of rotatable bonds is 3. The summed E-state index contributed by atoms with van der Waals surface area (Å²) in [5.41, 5.74) is 0. The summed E-state index contributed by atoms with van der Waals surface area (Å²) < 4.78 is 11.0. The van der Waals surface area contributed by atoms with Crippen molar-refractivity contribution in [1.29, 1.82) is 0 Å². The molecule has 2 aromatic heterocycles. The Labute approximate surface area is 138 Å². The van der Waals surface area contributed by atoms with E-state index < -0.39 is 0 Å². The maximum absolute atomic E-state index is 12.2. The van der Waals surface area contributed by atoms with Crippen LogP contribution in [0, 0.1) is 0 Å². The number of fused-ring (bicyclic) bond motifs is 1. The molecule has 1 aliphatic rings. The molecule has 1 amide bonds. The summed E-state index contributed by atoms with van der Waals surface area (Å²) in [4.78, 5) is 14.0. The Bertz CT molecular complexity index is 837. The van der Waals surface area contributed by atoms with Crippen LogP contribution < -0.4 is 4.74 Å². The Morgan fingerprint density at radius 3 is 2.83 bits per heavy atom. The molecule has 7 heteroatoms. The van der Waals surface area contributed by atoms with Gasteiger partial charge in [-0.1, -0.05) is 23.4 Å². The third kappa shape index (κ3) is 2.80. The molecule has 0 saturated carbocycles. The number of aromatic nitrogens is 3. The monoisotopic (exact) mass is 324 g/mol. The van der Waals surface area contributed by atoms with Gasteiger partial charge in [-0.2, -0.15) is 5.10 Å². The van der Waals surface area contributed by atoms with Gasteiger partial charge in [-0.25, -0.2) is 0 Å². The van der Waals surface area contributed by atoms with Crippen molar-refractivity contribution in [3.8, 4) is 5.88 Å². The zero-order valence-electron chi connectivity index (χ0n) is 13.0. The van der Waals surface area contributed by atoms with Crippen LogP contribution >= 0.6 is 0 Å². The van der Waals surface area contributed by atoms with Gasteiger partial charge in [0.15, 0.2) is 0 Å². The van der Waals surface area contributed by atoms with E-state index in [-0.39, 0.29) is 17.8 Å². The van der Waals surface area contributed by atoms with Crippen molar-refractivity contribution in [3.05, 3.63) is 48.5 Å². The highest BCUT2D eigenvalue weighted by atomic mass is 16.5.